The van der Waals surface area contributed by atoms with Crippen molar-refractivity contribution in [3.63, 3.8) is 0 Å². The van der Waals surface area contributed by atoms with Gasteiger partial charge < -0.3 is 5.11 Å². The van der Waals surface area contributed by atoms with Crippen LogP contribution in [0, 0.1) is 5.92 Å². The first kappa shape index (κ1) is 23.8. The highest BCUT2D eigenvalue weighted by Crippen LogP contribution is 2.27. The maximum Gasteiger partial charge on any atom is 0.355 e. The molecule has 1 aliphatic rings. The number of aromatic carboxylic acids is 1. The molecule has 34 heavy (non-hydrogen) atoms. The summed E-state index contributed by atoms with van der Waals surface area (Å²) in [6.07, 6.45) is 10.8. The van der Waals surface area contributed by atoms with Crippen LogP contribution in [0.15, 0.2) is 42.6 Å². The molecule has 0 atom stereocenters. The first-order valence-corrected chi connectivity index (χ1v) is 12.3. The van der Waals surface area contributed by atoms with Crippen molar-refractivity contribution >= 4 is 11.8 Å². The molecule has 0 spiro atoms. The number of unbranched alkanes of at least 4 members (excludes halogenated alkanes) is 2. The lowest BCUT2D eigenvalue weighted by atomic mass is 9.86. The van der Waals surface area contributed by atoms with Crippen LogP contribution in [0.3, 0.4) is 0 Å². The van der Waals surface area contributed by atoms with Gasteiger partial charge in [-0.1, -0.05) is 69.4 Å². The van der Waals surface area contributed by atoms with Crippen LogP contribution in [0.2, 0.25) is 0 Å². The molecule has 2 aromatic heterocycles. The molecule has 1 aliphatic carbocycles. The second kappa shape index (κ2) is 11.2. The predicted molar refractivity (Wildman–Crippen MR) is 130 cm³/mol. The highest BCUT2D eigenvalue weighted by atomic mass is 16.4. The van der Waals surface area contributed by atoms with E-state index in [-0.39, 0.29) is 17.4 Å². The van der Waals surface area contributed by atoms with Gasteiger partial charge in [0.05, 0.1) is 6.54 Å². The minimum absolute atomic E-state index is 0.0376. The van der Waals surface area contributed by atoms with E-state index in [1.54, 1.807) is 12.1 Å². The minimum atomic E-state index is -1.05. The molecule has 7 nitrogen and oxygen atoms in total. The van der Waals surface area contributed by atoms with E-state index in [4.69, 9.17) is 0 Å². The smallest absolute Gasteiger partial charge is 0.355 e. The monoisotopic (exact) mass is 460 g/mol. The largest absolute Gasteiger partial charge is 0.476 e. The number of rotatable bonds is 10. The lowest BCUT2D eigenvalue weighted by Gasteiger charge is -2.18. The van der Waals surface area contributed by atoms with Crippen LogP contribution in [-0.2, 0) is 13.0 Å². The Morgan fingerprint density at radius 3 is 2.53 bits per heavy atom. The van der Waals surface area contributed by atoms with Crippen LogP contribution in [0.5, 0.6) is 0 Å². The van der Waals surface area contributed by atoms with Crippen LogP contribution in [0.4, 0.5) is 0 Å². The van der Waals surface area contributed by atoms with Gasteiger partial charge in [-0.05, 0) is 36.5 Å². The Balaban J connectivity index is 1.55. The molecular formula is C27H32N4O3. The Hall–Kier alpha value is -3.35. The lowest BCUT2D eigenvalue weighted by Crippen LogP contribution is -2.19. The average molecular weight is 461 g/mol. The summed E-state index contributed by atoms with van der Waals surface area (Å²) < 4.78 is 1.87. The van der Waals surface area contributed by atoms with Gasteiger partial charge in [0.2, 0.25) is 11.6 Å². The second-order valence-corrected chi connectivity index (χ2v) is 9.07. The van der Waals surface area contributed by atoms with Gasteiger partial charge >= 0.3 is 5.97 Å². The summed E-state index contributed by atoms with van der Waals surface area (Å²) in [5.41, 5.74) is 2.44. The molecule has 1 saturated carbocycles. The molecule has 1 N–H and O–H groups in total. The molecule has 4 rings (SSSR count). The normalized spacial score (nSPS) is 14.3. The Kier molecular flexibility index (Phi) is 7.83. The summed E-state index contributed by atoms with van der Waals surface area (Å²) in [7, 11) is 0. The Labute approximate surface area is 200 Å². The van der Waals surface area contributed by atoms with Crippen molar-refractivity contribution in [1.82, 2.24) is 19.7 Å². The number of carboxylic acid groups (broad SMARTS) is 1. The van der Waals surface area contributed by atoms with Crippen molar-refractivity contribution in [3.05, 3.63) is 65.5 Å². The zero-order chi connectivity index (χ0) is 23.9. The van der Waals surface area contributed by atoms with Crippen molar-refractivity contribution < 1.29 is 14.7 Å². The van der Waals surface area contributed by atoms with Crippen LogP contribution < -0.4 is 0 Å². The van der Waals surface area contributed by atoms with Gasteiger partial charge in [0.1, 0.15) is 5.82 Å². The Bertz CT molecular complexity index is 1130. The number of carbonyl (C=O) groups is 2. The summed E-state index contributed by atoms with van der Waals surface area (Å²) in [5, 5.41) is 14.1. The van der Waals surface area contributed by atoms with E-state index in [2.05, 4.69) is 22.0 Å². The summed E-state index contributed by atoms with van der Waals surface area (Å²) in [6, 6.07) is 11.2. The predicted octanol–water partition coefficient (Wildman–Crippen LogP) is 5.58. The van der Waals surface area contributed by atoms with Gasteiger partial charge in [-0.3, -0.25) is 4.79 Å². The molecule has 0 saturated heterocycles. The maximum absolute atomic E-state index is 13.0. The van der Waals surface area contributed by atoms with Crippen molar-refractivity contribution in [2.24, 2.45) is 5.92 Å². The van der Waals surface area contributed by atoms with Gasteiger partial charge in [0, 0.05) is 24.1 Å². The molecule has 0 radical (unpaired) electrons. The Morgan fingerprint density at radius 1 is 1.06 bits per heavy atom. The number of aromatic nitrogens is 4. The highest BCUT2D eigenvalue weighted by molar-refractivity contribution is 5.94. The lowest BCUT2D eigenvalue weighted by molar-refractivity contribution is 0.0691. The van der Waals surface area contributed by atoms with Crippen LogP contribution in [0.25, 0.3) is 11.1 Å². The first-order chi connectivity index (χ1) is 16.6. The van der Waals surface area contributed by atoms with Gasteiger partial charge in [0.15, 0.2) is 5.69 Å². The number of hydrogen-bond donors (Lipinski definition) is 1. The molecule has 1 aromatic carbocycles. The van der Waals surface area contributed by atoms with Crippen LogP contribution in [0.1, 0.15) is 90.8 Å². The molecule has 0 aliphatic heterocycles. The molecule has 0 unspecified atom stereocenters. The van der Waals surface area contributed by atoms with Crippen molar-refractivity contribution in [2.45, 2.75) is 71.3 Å². The van der Waals surface area contributed by atoms with E-state index in [9.17, 15) is 14.7 Å². The number of carboxylic acids is 1. The molecule has 7 heteroatoms. The van der Waals surface area contributed by atoms with E-state index in [1.165, 1.54) is 12.6 Å². The number of nitrogens with zero attached hydrogens (tertiary/aromatic N) is 4. The quantitative estimate of drug-likeness (QED) is 0.313. The second-order valence-electron chi connectivity index (χ2n) is 9.07. The number of pyridine rings is 1. The van der Waals surface area contributed by atoms with Crippen molar-refractivity contribution in [1.29, 1.82) is 0 Å². The van der Waals surface area contributed by atoms with E-state index < -0.39 is 5.97 Å². The molecular weight excluding hydrogens is 428 g/mol. The SMILES string of the molecule is CCCCCc1nc(C(=O)C2CCCCC2)nn1Cc1ccc(-c2cccnc2C(=O)O)cc1. The number of aryl methyl sites for hydroxylation is 1. The van der Waals surface area contributed by atoms with E-state index in [1.807, 2.05) is 28.9 Å². The van der Waals surface area contributed by atoms with Crippen molar-refractivity contribution in [2.75, 3.05) is 0 Å². The summed E-state index contributed by atoms with van der Waals surface area (Å²) in [5.74, 6) is 0.307. The van der Waals surface area contributed by atoms with E-state index in [0.29, 0.717) is 17.9 Å². The fraction of sp³-hybridized carbons (Fsp3) is 0.444. The third kappa shape index (κ3) is 5.58. The van der Waals surface area contributed by atoms with Gasteiger partial charge in [-0.15, -0.1) is 5.10 Å². The Morgan fingerprint density at radius 2 is 1.82 bits per heavy atom. The molecule has 3 aromatic rings. The zero-order valence-electron chi connectivity index (χ0n) is 19.7. The van der Waals surface area contributed by atoms with Crippen LogP contribution in [-0.4, -0.2) is 36.6 Å². The summed E-state index contributed by atoms with van der Waals surface area (Å²) >= 11 is 0. The summed E-state index contributed by atoms with van der Waals surface area (Å²) in [4.78, 5) is 33.2. The number of benzene rings is 1. The van der Waals surface area contributed by atoms with Gasteiger partial charge in [-0.25, -0.2) is 19.4 Å². The van der Waals surface area contributed by atoms with Crippen LogP contribution >= 0.6 is 0 Å². The molecule has 0 bridgehead atoms. The maximum atomic E-state index is 13.0. The summed E-state index contributed by atoms with van der Waals surface area (Å²) in [6.45, 7) is 2.69. The van der Waals surface area contributed by atoms with Gasteiger partial charge in [-0.2, -0.15) is 0 Å². The van der Waals surface area contributed by atoms with E-state index in [0.717, 1.165) is 68.3 Å². The fourth-order valence-electron chi connectivity index (χ4n) is 4.64. The first-order valence-electron chi connectivity index (χ1n) is 12.3. The molecule has 0 amide bonds. The number of hydrogen-bond acceptors (Lipinski definition) is 5. The minimum Gasteiger partial charge on any atom is -0.476 e. The third-order valence-electron chi connectivity index (χ3n) is 6.56. The molecule has 1 fully saturated rings. The average Bonchev–Trinajstić information content (AvgIpc) is 3.27. The number of Topliss-reactive ketones (excluding diaryl/α,β-unsaturated/α-hetero) is 1. The molecule has 2 heterocycles. The zero-order valence-corrected chi connectivity index (χ0v) is 19.7. The number of carbonyl (C=O) groups excluding carboxylic acids is 1. The highest BCUT2D eigenvalue weighted by Gasteiger charge is 2.26. The standard InChI is InChI=1S/C27H32N4O3/c1-2-3-5-12-23-29-26(25(32)21-9-6-4-7-10-21)30-31(23)18-19-13-15-20(16-14-19)22-11-8-17-28-24(22)27(33)34/h8,11,13-17,21H,2-7,9-10,12,18H2,1H3,(H,33,34). The topological polar surface area (TPSA) is 98.0 Å². The third-order valence-corrected chi connectivity index (χ3v) is 6.56. The molecule has 178 valence electrons. The van der Waals surface area contributed by atoms with Crippen molar-refractivity contribution in [3.8, 4) is 11.1 Å². The van der Waals surface area contributed by atoms with E-state index >= 15 is 0 Å². The van der Waals surface area contributed by atoms with Gasteiger partial charge in [0.25, 0.3) is 0 Å². The number of ketones is 1. The fourth-order valence-corrected chi connectivity index (χ4v) is 4.64.